The number of rotatable bonds is 5. The lowest BCUT2D eigenvalue weighted by Crippen LogP contribution is -2.41. The molecule has 0 aliphatic heterocycles. The second kappa shape index (κ2) is 4.43. The average Bonchev–Trinajstić information content (AvgIpc) is 2.97. The second-order valence-electron chi connectivity index (χ2n) is 6.22. The van der Waals surface area contributed by atoms with Crippen LogP contribution in [0.2, 0.25) is 0 Å². The summed E-state index contributed by atoms with van der Waals surface area (Å²) in [5.41, 5.74) is 9.04. The van der Waals surface area contributed by atoms with E-state index >= 15 is 0 Å². The molecule has 94 valence electrons. The van der Waals surface area contributed by atoms with Crippen molar-refractivity contribution in [3.63, 3.8) is 0 Å². The fraction of sp³-hybridized carbons (Fsp3) is 0.600. The Morgan fingerprint density at radius 1 is 1.24 bits per heavy atom. The van der Waals surface area contributed by atoms with E-state index in [-0.39, 0.29) is 11.0 Å². The monoisotopic (exact) mass is 232 g/mol. The molecule has 2 nitrogen and oxygen atoms in total. The number of aryl methyl sites for hydroxylation is 1. The molecule has 2 heteroatoms. The van der Waals surface area contributed by atoms with Gasteiger partial charge in [0.25, 0.3) is 0 Å². The summed E-state index contributed by atoms with van der Waals surface area (Å²) in [6.07, 6.45) is 2.34. The standard InChI is InChI=1S/C15H24N2/c1-12-4-6-13(7-5-12)14(2,3)10-17-11-15(16)8-9-15/h4-7,17H,8-11,16H2,1-3H3. The highest BCUT2D eigenvalue weighted by Crippen LogP contribution is 2.31. The summed E-state index contributed by atoms with van der Waals surface area (Å²) in [6.45, 7) is 8.61. The fourth-order valence-electron chi connectivity index (χ4n) is 2.07. The Morgan fingerprint density at radius 2 is 1.82 bits per heavy atom. The fourth-order valence-corrected chi connectivity index (χ4v) is 2.07. The first-order chi connectivity index (χ1) is 7.91. The molecule has 0 bridgehead atoms. The first-order valence-corrected chi connectivity index (χ1v) is 6.48. The van der Waals surface area contributed by atoms with Crippen LogP contribution in [0.1, 0.15) is 37.8 Å². The van der Waals surface area contributed by atoms with Crippen molar-refractivity contribution in [2.45, 2.75) is 44.6 Å². The van der Waals surface area contributed by atoms with Crippen molar-refractivity contribution in [2.24, 2.45) is 5.73 Å². The molecule has 1 fully saturated rings. The molecule has 0 unspecified atom stereocenters. The highest BCUT2D eigenvalue weighted by Gasteiger charge is 2.37. The van der Waals surface area contributed by atoms with Gasteiger partial charge in [-0.25, -0.2) is 0 Å². The Labute approximate surface area is 105 Å². The van der Waals surface area contributed by atoms with E-state index < -0.39 is 0 Å². The summed E-state index contributed by atoms with van der Waals surface area (Å²) in [4.78, 5) is 0. The van der Waals surface area contributed by atoms with E-state index in [1.165, 1.54) is 24.0 Å². The van der Waals surface area contributed by atoms with Crippen LogP contribution in [0.15, 0.2) is 24.3 Å². The minimum Gasteiger partial charge on any atom is -0.324 e. The molecule has 1 aliphatic rings. The molecular formula is C15H24N2. The minimum absolute atomic E-state index is 0.101. The van der Waals surface area contributed by atoms with Gasteiger partial charge < -0.3 is 11.1 Å². The molecule has 1 aromatic rings. The highest BCUT2D eigenvalue weighted by molar-refractivity contribution is 5.27. The van der Waals surface area contributed by atoms with E-state index in [0.29, 0.717) is 0 Å². The Bertz CT molecular complexity index is 374. The number of hydrogen-bond donors (Lipinski definition) is 2. The van der Waals surface area contributed by atoms with Gasteiger partial charge in [-0.15, -0.1) is 0 Å². The lowest BCUT2D eigenvalue weighted by molar-refractivity contribution is 0.448. The summed E-state index contributed by atoms with van der Waals surface area (Å²) in [5, 5.41) is 3.52. The minimum atomic E-state index is 0.101. The van der Waals surface area contributed by atoms with Crippen molar-refractivity contribution in [2.75, 3.05) is 13.1 Å². The van der Waals surface area contributed by atoms with Crippen molar-refractivity contribution in [3.05, 3.63) is 35.4 Å². The Balaban J connectivity index is 1.90. The zero-order chi connectivity index (χ0) is 12.5. The van der Waals surface area contributed by atoms with Crippen LogP contribution in [0.3, 0.4) is 0 Å². The maximum absolute atomic E-state index is 6.07. The van der Waals surface area contributed by atoms with Crippen LogP contribution in [0.25, 0.3) is 0 Å². The summed E-state index contributed by atoms with van der Waals surface area (Å²) in [6, 6.07) is 8.82. The predicted molar refractivity (Wildman–Crippen MR) is 73.2 cm³/mol. The quantitative estimate of drug-likeness (QED) is 0.818. The molecule has 0 amide bonds. The van der Waals surface area contributed by atoms with E-state index in [1.807, 2.05) is 0 Å². The second-order valence-corrected chi connectivity index (χ2v) is 6.22. The summed E-state index contributed by atoms with van der Waals surface area (Å²) < 4.78 is 0. The molecule has 1 aliphatic carbocycles. The summed E-state index contributed by atoms with van der Waals surface area (Å²) in [7, 11) is 0. The SMILES string of the molecule is Cc1ccc(C(C)(C)CNCC2(N)CC2)cc1. The van der Waals surface area contributed by atoms with Crippen LogP contribution in [0.4, 0.5) is 0 Å². The number of nitrogens with two attached hydrogens (primary N) is 1. The van der Waals surface area contributed by atoms with Crippen molar-refractivity contribution in [1.29, 1.82) is 0 Å². The molecule has 0 aromatic heterocycles. The van der Waals surface area contributed by atoms with Crippen LogP contribution < -0.4 is 11.1 Å². The van der Waals surface area contributed by atoms with Crippen molar-refractivity contribution in [1.82, 2.24) is 5.32 Å². The molecule has 0 atom stereocenters. The van der Waals surface area contributed by atoms with Gasteiger partial charge in [-0.1, -0.05) is 43.7 Å². The molecule has 0 heterocycles. The third-order valence-electron chi connectivity index (χ3n) is 3.77. The normalized spacial score (nSPS) is 18.1. The molecule has 17 heavy (non-hydrogen) atoms. The van der Waals surface area contributed by atoms with Crippen LogP contribution in [-0.2, 0) is 5.41 Å². The topological polar surface area (TPSA) is 38.0 Å². The molecule has 3 N–H and O–H groups in total. The number of nitrogens with one attached hydrogen (secondary N) is 1. The van der Waals surface area contributed by atoms with Gasteiger partial charge in [-0.3, -0.25) is 0 Å². The van der Waals surface area contributed by atoms with E-state index in [2.05, 4.69) is 50.4 Å². The largest absolute Gasteiger partial charge is 0.324 e. The smallest absolute Gasteiger partial charge is 0.0282 e. The Morgan fingerprint density at radius 3 is 2.35 bits per heavy atom. The van der Waals surface area contributed by atoms with E-state index in [9.17, 15) is 0 Å². The van der Waals surface area contributed by atoms with Crippen LogP contribution in [-0.4, -0.2) is 18.6 Å². The molecule has 1 saturated carbocycles. The van der Waals surface area contributed by atoms with Crippen molar-refractivity contribution < 1.29 is 0 Å². The van der Waals surface area contributed by atoms with Crippen LogP contribution in [0.5, 0.6) is 0 Å². The molecule has 1 aromatic carbocycles. The molecule has 0 spiro atoms. The molecule has 0 radical (unpaired) electrons. The molecule has 0 saturated heterocycles. The Kier molecular flexibility index (Phi) is 3.28. The highest BCUT2D eigenvalue weighted by atomic mass is 15.0. The van der Waals surface area contributed by atoms with Gasteiger partial charge >= 0.3 is 0 Å². The molecular weight excluding hydrogens is 208 g/mol. The van der Waals surface area contributed by atoms with Gasteiger partial charge in [-0.05, 0) is 25.3 Å². The van der Waals surface area contributed by atoms with Gasteiger partial charge in [0.05, 0.1) is 0 Å². The lowest BCUT2D eigenvalue weighted by atomic mass is 9.84. The molecule has 2 rings (SSSR count). The van der Waals surface area contributed by atoms with Gasteiger partial charge in [-0.2, -0.15) is 0 Å². The van der Waals surface area contributed by atoms with Gasteiger partial charge in [0.1, 0.15) is 0 Å². The summed E-state index contributed by atoms with van der Waals surface area (Å²) >= 11 is 0. The van der Waals surface area contributed by atoms with Crippen molar-refractivity contribution >= 4 is 0 Å². The van der Waals surface area contributed by atoms with E-state index in [1.54, 1.807) is 0 Å². The predicted octanol–water partition coefficient (Wildman–Crippen LogP) is 2.35. The van der Waals surface area contributed by atoms with Crippen molar-refractivity contribution in [3.8, 4) is 0 Å². The third kappa shape index (κ3) is 3.30. The summed E-state index contributed by atoms with van der Waals surface area (Å²) in [5.74, 6) is 0. The van der Waals surface area contributed by atoms with Gasteiger partial charge in [0.2, 0.25) is 0 Å². The first kappa shape index (κ1) is 12.6. The van der Waals surface area contributed by atoms with Gasteiger partial charge in [0, 0.05) is 24.0 Å². The first-order valence-electron chi connectivity index (χ1n) is 6.48. The van der Waals surface area contributed by atoms with E-state index in [0.717, 1.165) is 13.1 Å². The Hall–Kier alpha value is -0.860. The maximum atomic E-state index is 6.07. The average molecular weight is 232 g/mol. The maximum Gasteiger partial charge on any atom is 0.0282 e. The number of benzene rings is 1. The van der Waals surface area contributed by atoms with E-state index in [4.69, 9.17) is 5.73 Å². The number of hydrogen-bond acceptors (Lipinski definition) is 2. The third-order valence-corrected chi connectivity index (χ3v) is 3.77. The van der Waals surface area contributed by atoms with Crippen LogP contribution >= 0.6 is 0 Å². The van der Waals surface area contributed by atoms with Crippen LogP contribution in [0, 0.1) is 6.92 Å². The lowest BCUT2D eigenvalue weighted by Gasteiger charge is -2.26. The van der Waals surface area contributed by atoms with Gasteiger partial charge in [0.15, 0.2) is 0 Å². The zero-order valence-corrected chi connectivity index (χ0v) is 11.2. The zero-order valence-electron chi connectivity index (χ0n) is 11.2.